The van der Waals surface area contributed by atoms with Crippen LogP contribution in [0.1, 0.15) is 11.1 Å². The van der Waals surface area contributed by atoms with Gasteiger partial charge in [0.05, 0.1) is 20.0 Å². The Kier molecular flexibility index (Phi) is 6.35. The van der Waals surface area contributed by atoms with Gasteiger partial charge in [0.25, 0.3) is 0 Å². The molecule has 0 saturated carbocycles. The van der Waals surface area contributed by atoms with Gasteiger partial charge < -0.3 is 14.8 Å². The Balaban J connectivity index is 1.87. The van der Waals surface area contributed by atoms with Crippen LogP contribution in [0.25, 0.3) is 0 Å². The van der Waals surface area contributed by atoms with Crippen molar-refractivity contribution in [3.63, 3.8) is 0 Å². The molecule has 0 unspecified atom stereocenters. The van der Waals surface area contributed by atoms with Crippen LogP contribution in [-0.4, -0.2) is 25.9 Å². The summed E-state index contributed by atoms with van der Waals surface area (Å²) in [6, 6.07) is 13.7. The third kappa shape index (κ3) is 5.21. The number of amides is 1. The van der Waals surface area contributed by atoms with Gasteiger partial charge in [-0.05, 0) is 37.3 Å². The zero-order valence-electron chi connectivity index (χ0n) is 13.6. The van der Waals surface area contributed by atoms with E-state index < -0.39 is 0 Å². The number of carbonyl (C=O) groups is 1. The number of ether oxygens (including phenoxy) is 2. The molecule has 1 N–H and O–H groups in total. The van der Waals surface area contributed by atoms with Crippen LogP contribution in [0.2, 0.25) is 0 Å². The van der Waals surface area contributed by atoms with Crippen LogP contribution in [-0.2, 0) is 11.3 Å². The van der Waals surface area contributed by atoms with Crippen molar-refractivity contribution < 1.29 is 14.3 Å². The van der Waals surface area contributed by atoms with Gasteiger partial charge >= 0.3 is 0 Å². The third-order valence-electron chi connectivity index (χ3n) is 3.35. The Morgan fingerprint density at radius 1 is 1.09 bits per heavy atom. The summed E-state index contributed by atoms with van der Waals surface area (Å²) in [6.45, 7) is 2.45. The molecule has 0 saturated heterocycles. The van der Waals surface area contributed by atoms with Crippen LogP contribution in [0.15, 0.2) is 47.4 Å². The van der Waals surface area contributed by atoms with E-state index in [0.717, 1.165) is 22.0 Å². The number of aryl methyl sites for hydroxylation is 1. The predicted molar refractivity (Wildman–Crippen MR) is 93.3 cm³/mol. The van der Waals surface area contributed by atoms with Crippen molar-refractivity contribution in [1.82, 2.24) is 5.32 Å². The van der Waals surface area contributed by atoms with Gasteiger partial charge in [-0.15, -0.1) is 11.8 Å². The topological polar surface area (TPSA) is 47.6 Å². The number of hydrogen-bond acceptors (Lipinski definition) is 4. The van der Waals surface area contributed by atoms with Crippen LogP contribution < -0.4 is 14.8 Å². The smallest absolute Gasteiger partial charge is 0.230 e. The molecular weight excluding hydrogens is 310 g/mol. The molecule has 0 radical (unpaired) electrons. The van der Waals surface area contributed by atoms with Gasteiger partial charge in [0.15, 0.2) is 0 Å². The maximum atomic E-state index is 12.0. The fourth-order valence-corrected chi connectivity index (χ4v) is 2.78. The van der Waals surface area contributed by atoms with Crippen molar-refractivity contribution in [1.29, 1.82) is 0 Å². The minimum atomic E-state index is -0.0135. The van der Waals surface area contributed by atoms with Gasteiger partial charge in [-0.3, -0.25) is 4.79 Å². The van der Waals surface area contributed by atoms with Crippen molar-refractivity contribution >= 4 is 17.7 Å². The van der Waals surface area contributed by atoms with Crippen LogP contribution in [0.4, 0.5) is 0 Å². The summed E-state index contributed by atoms with van der Waals surface area (Å²) in [5.74, 6) is 1.84. The van der Waals surface area contributed by atoms with Gasteiger partial charge in [0.1, 0.15) is 11.5 Å². The Bertz CT molecular complexity index is 656. The highest BCUT2D eigenvalue weighted by Gasteiger charge is 2.08. The number of nitrogens with one attached hydrogen (secondary N) is 1. The first kappa shape index (κ1) is 17.2. The van der Waals surface area contributed by atoms with Crippen LogP contribution >= 0.6 is 11.8 Å². The quantitative estimate of drug-likeness (QED) is 0.790. The van der Waals surface area contributed by atoms with E-state index in [1.165, 1.54) is 17.3 Å². The summed E-state index contributed by atoms with van der Waals surface area (Å²) in [4.78, 5) is 13.1. The third-order valence-corrected chi connectivity index (χ3v) is 4.37. The van der Waals surface area contributed by atoms with Crippen molar-refractivity contribution in [3.05, 3.63) is 53.6 Å². The first-order valence-electron chi connectivity index (χ1n) is 7.29. The second-order valence-corrected chi connectivity index (χ2v) is 6.10. The lowest BCUT2D eigenvalue weighted by Crippen LogP contribution is -2.24. The van der Waals surface area contributed by atoms with Crippen LogP contribution in [0.5, 0.6) is 11.5 Å². The summed E-state index contributed by atoms with van der Waals surface area (Å²) >= 11 is 1.52. The molecule has 2 rings (SSSR count). The highest BCUT2D eigenvalue weighted by atomic mass is 32.2. The highest BCUT2D eigenvalue weighted by molar-refractivity contribution is 8.00. The van der Waals surface area contributed by atoms with E-state index in [2.05, 4.69) is 5.32 Å². The minimum Gasteiger partial charge on any atom is -0.497 e. The Morgan fingerprint density at radius 3 is 2.48 bits per heavy atom. The first-order chi connectivity index (χ1) is 11.1. The zero-order chi connectivity index (χ0) is 16.7. The molecule has 0 spiro atoms. The molecule has 5 heteroatoms. The molecule has 0 bridgehead atoms. The van der Waals surface area contributed by atoms with Crippen molar-refractivity contribution in [2.24, 2.45) is 0 Å². The monoisotopic (exact) mass is 331 g/mol. The summed E-state index contributed by atoms with van der Waals surface area (Å²) < 4.78 is 10.5. The Morgan fingerprint density at radius 2 is 1.83 bits per heavy atom. The van der Waals surface area contributed by atoms with E-state index in [4.69, 9.17) is 9.47 Å². The molecule has 0 aliphatic rings. The van der Waals surface area contributed by atoms with Gasteiger partial charge in [-0.2, -0.15) is 0 Å². The van der Waals surface area contributed by atoms with Crippen molar-refractivity contribution in [2.75, 3.05) is 20.0 Å². The lowest BCUT2D eigenvalue weighted by Gasteiger charge is -2.11. The molecule has 0 aromatic heterocycles. The number of thioether (sulfide) groups is 1. The van der Waals surface area contributed by atoms with Crippen molar-refractivity contribution in [2.45, 2.75) is 18.4 Å². The van der Waals surface area contributed by atoms with Crippen LogP contribution in [0, 0.1) is 6.92 Å². The second-order valence-electron chi connectivity index (χ2n) is 5.06. The SMILES string of the molecule is COc1ccc(OC)c(CNC(=O)CSc2ccc(C)cc2)c1. The normalized spacial score (nSPS) is 10.2. The molecule has 2 aromatic rings. The standard InChI is InChI=1S/C18H21NO3S/c1-13-4-7-16(8-5-13)23-12-18(20)19-11-14-10-15(21-2)6-9-17(14)22-3/h4-10H,11-12H2,1-3H3,(H,19,20). The molecule has 23 heavy (non-hydrogen) atoms. The minimum absolute atomic E-state index is 0.0135. The summed E-state index contributed by atoms with van der Waals surface area (Å²) in [5.41, 5.74) is 2.10. The number of rotatable bonds is 7. The van der Waals surface area contributed by atoms with Crippen LogP contribution in [0.3, 0.4) is 0 Å². The summed E-state index contributed by atoms with van der Waals surface area (Å²) in [5, 5.41) is 2.91. The molecule has 0 atom stereocenters. The van der Waals surface area contributed by atoms with Gasteiger partial charge in [-0.1, -0.05) is 17.7 Å². The van der Waals surface area contributed by atoms with E-state index in [9.17, 15) is 4.79 Å². The number of methoxy groups -OCH3 is 2. The van der Waals surface area contributed by atoms with E-state index in [-0.39, 0.29) is 5.91 Å². The molecule has 0 fully saturated rings. The molecule has 122 valence electrons. The van der Waals surface area contributed by atoms with Gasteiger partial charge in [0.2, 0.25) is 5.91 Å². The number of benzene rings is 2. The molecule has 0 heterocycles. The Hall–Kier alpha value is -2.14. The molecule has 4 nitrogen and oxygen atoms in total. The average Bonchev–Trinajstić information content (AvgIpc) is 2.59. The second kappa shape index (κ2) is 8.48. The number of hydrogen-bond donors (Lipinski definition) is 1. The summed E-state index contributed by atoms with van der Waals surface area (Å²) in [6.07, 6.45) is 0. The van der Waals surface area contributed by atoms with E-state index in [1.54, 1.807) is 14.2 Å². The lowest BCUT2D eigenvalue weighted by atomic mass is 10.2. The van der Waals surface area contributed by atoms with E-state index >= 15 is 0 Å². The van der Waals surface area contributed by atoms with E-state index in [0.29, 0.717) is 12.3 Å². The maximum absolute atomic E-state index is 12.0. The largest absolute Gasteiger partial charge is 0.497 e. The maximum Gasteiger partial charge on any atom is 0.230 e. The molecule has 2 aromatic carbocycles. The average molecular weight is 331 g/mol. The molecule has 0 aliphatic heterocycles. The Labute approximate surface area is 141 Å². The summed E-state index contributed by atoms with van der Waals surface area (Å²) in [7, 11) is 3.22. The van der Waals surface area contributed by atoms with Gasteiger partial charge in [-0.25, -0.2) is 0 Å². The first-order valence-corrected chi connectivity index (χ1v) is 8.28. The van der Waals surface area contributed by atoms with Gasteiger partial charge in [0, 0.05) is 17.0 Å². The fourth-order valence-electron chi connectivity index (χ4n) is 2.05. The van der Waals surface area contributed by atoms with E-state index in [1.807, 2.05) is 49.4 Å². The molecule has 1 amide bonds. The molecular formula is C18H21NO3S. The van der Waals surface area contributed by atoms with Crippen molar-refractivity contribution in [3.8, 4) is 11.5 Å². The predicted octanol–water partition coefficient (Wildman–Crippen LogP) is 3.42. The highest BCUT2D eigenvalue weighted by Crippen LogP contribution is 2.24. The molecule has 0 aliphatic carbocycles. The zero-order valence-corrected chi connectivity index (χ0v) is 14.4. The lowest BCUT2D eigenvalue weighted by molar-refractivity contribution is -0.118. The fraction of sp³-hybridized carbons (Fsp3) is 0.278. The number of carbonyl (C=O) groups excluding carboxylic acids is 1.